The van der Waals surface area contributed by atoms with Crippen LogP contribution in [0.4, 0.5) is 5.69 Å². The van der Waals surface area contributed by atoms with Crippen molar-refractivity contribution < 1.29 is 18.7 Å². The van der Waals surface area contributed by atoms with Gasteiger partial charge in [-0.05, 0) is 24.3 Å². The van der Waals surface area contributed by atoms with Crippen LogP contribution in [-0.4, -0.2) is 22.8 Å². The number of hydrogen-bond donors (Lipinski definition) is 1. The highest BCUT2D eigenvalue weighted by Crippen LogP contribution is 2.24. The zero-order valence-electron chi connectivity index (χ0n) is 13.4. The van der Waals surface area contributed by atoms with Crippen molar-refractivity contribution in [2.45, 2.75) is 13.3 Å². The standard InChI is InChI=1S/C17H16ClN3O4/c1-23-11-21-9-12(8-19-21)20-17(22)16-7-6-13(25-16)10-24-15-5-3-2-4-14(15)18/h2-9H,10-11H2,1H3,(H,20,22). The van der Waals surface area contributed by atoms with Crippen molar-refractivity contribution in [1.29, 1.82) is 0 Å². The first-order valence-electron chi connectivity index (χ1n) is 7.44. The fourth-order valence-electron chi connectivity index (χ4n) is 2.11. The molecule has 130 valence electrons. The molecule has 0 fully saturated rings. The summed E-state index contributed by atoms with van der Waals surface area (Å²) in [5, 5.41) is 7.26. The molecule has 0 aliphatic carbocycles. The first-order valence-corrected chi connectivity index (χ1v) is 7.82. The summed E-state index contributed by atoms with van der Waals surface area (Å²) in [6.45, 7) is 0.475. The number of halogens is 1. The average Bonchev–Trinajstić information content (AvgIpc) is 3.24. The van der Waals surface area contributed by atoms with Gasteiger partial charge in [-0.15, -0.1) is 0 Å². The van der Waals surface area contributed by atoms with Gasteiger partial charge in [0.1, 0.15) is 24.8 Å². The van der Waals surface area contributed by atoms with Crippen molar-refractivity contribution in [2.24, 2.45) is 0 Å². The lowest BCUT2D eigenvalue weighted by molar-refractivity contribution is 0.0992. The van der Waals surface area contributed by atoms with Crippen molar-refractivity contribution >= 4 is 23.2 Å². The second kappa shape index (κ2) is 7.87. The number of furan rings is 1. The van der Waals surface area contributed by atoms with E-state index in [1.54, 1.807) is 42.3 Å². The van der Waals surface area contributed by atoms with Crippen LogP contribution in [0.3, 0.4) is 0 Å². The number of carbonyl (C=O) groups excluding carboxylic acids is 1. The molecule has 2 heterocycles. The van der Waals surface area contributed by atoms with Gasteiger partial charge in [0.2, 0.25) is 0 Å². The molecule has 1 N–H and O–H groups in total. The van der Waals surface area contributed by atoms with Gasteiger partial charge in [-0.3, -0.25) is 4.79 Å². The predicted molar refractivity (Wildman–Crippen MR) is 91.7 cm³/mol. The van der Waals surface area contributed by atoms with Crippen LogP contribution in [0.5, 0.6) is 5.75 Å². The third-order valence-corrected chi connectivity index (χ3v) is 3.56. The maximum Gasteiger partial charge on any atom is 0.291 e. The minimum absolute atomic E-state index is 0.169. The molecule has 0 unspecified atom stereocenters. The van der Waals surface area contributed by atoms with Gasteiger partial charge in [0.15, 0.2) is 5.76 Å². The highest BCUT2D eigenvalue weighted by Gasteiger charge is 2.13. The van der Waals surface area contributed by atoms with E-state index >= 15 is 0 Å². The van der Waals surface area contributed by atoms with Crippen molar-refractivity contribution in [3.05, 3.63) is 65.3 Å². The zero-order valence-corrected chi connectivity index (χ0v) is 14.2. The van der Waals surface area contributed by atoms with Gasteiger partial charge in [-0.2, -0.15) is 5.10 Å². The van der Waals surface area contributed by atoms with Crippen LogP contribution < -0.4 is 10.1 Å². The van der Waals surface area contributed by atoms with Gasteiger partial charge >= 0.3 is 0 Å². The second-order valence-corrected chi connectivity index (χ2v) is 5.53. The Hall–Kier alpha value is -2.77. The van der Waals surface area contributed by atoms with Crippen molar-refractivity contribution in [3.8, 4) is 5.75 Å². The lowest BCUT2D eigenvalue weighted by Gasteiger charge is -2.05. The fourth-order valence-corrected chi connectivity index (χ4v) is 2.30. The molecule has 7 nitrogen and oxygen atoms in total. The Labute approximate surface area is 149 Å². The second-order valence-electron chi connectivity index (χ2n) is 5.13. The summed E-state index contributed by atoms with van der Waals surface area (Å²) in [4.78, 5) is 12.2. The van der Waals surface area contributed by atoms with E-state index < -0.39 is 0 Å². The van der Waals surface area contributed by atoms with E-state index in [2.05, 4.69) is 10.4 Å². The first kappa shape index (κ1) is 17.1. The number of para-hydroxylation sites is 1. The Morgan fingerprint density at radius 1 is 1.32 bits per heavy atom. The Kier molecular flexibility index (Phi) is 5.37. The summed E-state index contributed by atoms with van der Waals surface area (Å²) < 4.78 is 17.6. The SMILES string of the molecule is COCn1cc(NC(=O)c2ccc(COc3ccccc3Cl)o2)cn1. The molecule has 3 aromatic rings. The molecule has 1 amide bonds. The number of rotatable bonds is 7. The minimum atomic E-state index is -0.374. The van der Waals surface area contributed by atoms with Crippen LogP contribution in [0.1, 0.15) is 16.3 Å². The minimum Gasteiger partial charge on any atom is -0.484 e. The third-order valence-electron chi connectivity index (χ3n) is 3.24. The molecule has 0 aliphatic rings. The Morgan fingerprint density at radius 2 is 2.16 bits per heavy atom. The molecule has 3 rings (SSSR count). The highest BCUT2D eigenvalue weighted by molar-refractivity contribution is 6.32. The Bertz CT molecular complexity index is 859. The molecule has 0 atom stereocenters. The number of carbonyl (C=O) groups is 1. The number of aromatic nitrogens is 2. The smallest absolute Gasteiger partial charge is 0.291 e. The summed E-state index contributed by atoms with van der Waals surface area (Å²) in [7, 11) is 1.56. The van der Waals surface area contributed by atoms with Gasteiger partial charge < -0.3 is 19.2 Å². The largest absolute Gasteiger partial charge is 0.484 e. The summed E-state index contributed by atoms with van der Waals surface area (Å²) in [5.41, 5.74) is 0.548. The molecule has 0 saturated heterocycles. The van der Waals surface area contributed by atoms with E-state index in [0.717, 1.165) is 0 Å². The summed E-state index contributed by atoms with van der Waals surface area (Å²) in [6.07, 6.45) is 3.19. The quantitative estimate of drug-likeness (QED) is 0.696. The summed E-state index contributed by atoms with van der Waals surface area (Å²) in [6, 6.07) is 10.4. The van der Waals surface area contributed by atoms with E-state index in [4.69, 9.17) is 25.5 Å². The maximum absolute atomic E-state index is 12.2. The predicted octanol–water partition coefficient (Wildman–Crippen LogP) is 3.56. The highest BCUT2D eigenvalue weighted by atomic mass is 35.5. The normalized spacial score (nSPS) is 10.6. The lowest BCUT2D eigenvalue weighted by atomic mass is 10.3. The van der Waals surface area contributed by atoms with Crippen LogP contribution in [0.15, 0.2) is 53.2 Å². The fraction of sp³-hybridized carbons (Fsp3) is 0.176. The molecule has 8 heteroatoms. The van der Waals surface area contributed by atoms with Crippen LogP contribution in [-0.2, 0) is 18.1 Å². The number of anilines is 1. The number of methoxy groups -OCH3 is 1. The number of benzene rings is 1. The molecule has 1 aromatic carbocycles. The number of hydrogen-bond acceptors (Lipinski definition) is 5. The van der Waals surface area contributed by atoms with Crippen LogP contribution in [0.25, 0.3) is 0 Å². The van der Waals surface area contributed by atoms with E-state index in [0.29, 0.717) is 29.0 Å². The topological polar surface area (TPSA) is 78.5 Å². The number of nitrogens with zero attached hydrogens (tertiary/aromatic N) is 2. The van der Waals surface area contributed by atoms with Crippen molar-refractivity contribution in [3.63, 3.8) is 0 Å². The maximum atomic E-state index is 12.2. The van der Waals surface area contributed by atoms with E-state index in [1.165, 1.54) is 6.20 Å². The van der Waals surface area contributed by atoms with Crippen LogP contribution in [0.2, 0.25) is 5.02 Å². The average molecular weight is 362 g/mol. The molecule has 0 spiro atoms. The monoisotopic (exact) mass is 361 g/mol. The lowest BCUT2D eigenvalue weighted by Crippen LogP contribution is -2.10. The number of nitrogens with one attached hydrogen (secondary N) is 1. The molecular formula is C17H16ClN3O4. The van der Waals surface area contributed by atoms with E-state index in [9.17, 15) is 4.79 Å². The zero-order chi connectivity index (χ0) is 17.6. The van der Waals surface area contributed by atoms with Gasteiger partial charge in [-0.1, -0.05) is 23.7 Å². The molecule has 0 aliphatic heterocycles. The first-order chi connectivity index (χ1) is 12.2. The third kappa shape index (κ3) is 4.40. The van der Waals surface area contributed by atoms with E-state index in [-0.39, 0.29) is 18.3 Å². The molecular weight excluding hydrogens is 346 g/mol. The summed E-state index contributed by atoms with van der Waals surface area (Å²) >= 11 is 6.02. The van der Waals surface area contributed by atoms with E-state index in [1.807, 2.05) is 12.1 Å². The van der Waals surface area contributed by atoms with Gasteiger partial charge in [-0.25, -0.2) is 4.68 Å². The molecule has 0 radical (unpaired) electrons. The van der Waals surface area contributed by atoms with Crippen LogP contribution in [0, 0.1) is 0 Å². The van der Waals surface area contributed by atoms with Gasteiger partial charge in [0.25, 0.3) is 5.91 Å². The number of amides is 1. The number of ether oxygens (including phenoxy) is 2. The van der Waals surface area contributed by atoms with Crippen LogP contribution >= 0.6 is 11.6 Å². The molecule has 0 bridgehead atoms. The molecule has 0 saturated carbocycles. The van der Waals surface area contributed by atoms with Crippen molar-refractivity contribution in [2.75, 3.05) is 12.4 Å². The van der Waals surface area contributed by atoms with Crippen molar-refractivity contribution in [1.82, 2.24) is 9.78 Å². The molecule has 25 heavy (non-hydrogen) atoms. The summed E-state index contributed by atoms with van der Waals surface area (Å²) in [5.74, 6) is 0.871. The van der Waals surface area contributed by atoms with Gasteiger partial charge in [0.05, 0.1) is 23.1 Å². The Balaban J connectivity index is 1.58. The molecule has 2 aromatic heterocycles. The Morgan fingerprint density at radius 3 is 2.96 bits per heavy atom. The van der Waals surface area contributed by atoms with Gasteiger partial charge in [0, 0.05) is 7.11 Å².